The first-order valence-corrected chi connectivity index (χ1v) is 7.91. The maximum atomic E-state index is 12.1. The fourth-order valence-corrected chi connectivity index (χ4v) is 2.15. The minimum atomic E-state index is -0.419. The summed E-state index contributed by atoms with van der Waals surface area (Å²) in [6.07, 6.45) is 1.54. The van der Waals surface area contributed by atoms with Crippen molar-refractivity contribution in [2.45, 2.75) is 19.9 Å². The maximum absolute atomic E-state index is 12.1. The molecule has 6 nitrogen and oxygen atoms in total. The highest BCUT2D eigenvalue weighted by Crippen LogP contribution is 2.22. The maximum Gasteiger partial charge on any atom is 0.262 e. The molecule has 0 aliphatic heterocycles. The van der Waals surface area contributed by atoms with E-state index in [0.717, 1.165) is 11.3 Å². The highest BCUT2D eigenvalue weighted by atomic mass is 16.5. The zero-order valence-corrected chi connectivity index (χ0v) is 14.9. The molecule has 2 aromatic rings. The Morgan fingerprint density at radius 3 is 2.48 bits per heavy atom. The van der Waals surface area contributed by atoms with Crippen LogP contribution in [0.25, 0.3) is 0 Å². The molecule has 1 amide bonds. The van der Waals surface area contributed by atoms with Crippen molar-refractivity contribution < 1.29 is 14.3 Å². The Bertz CT molecular complexity index is 742. The van der Waals surface area contributed by atoms with E-state index in [1.54, 1.807) is 39.3 Å². The molecule has 2 N–H and O–H groups in total. The largest absolute Gasteiger partial charge is 0.497 e. The Balaban J connectivity index is 1.94. The Morgan fingerprint density at radius 1 is 1.12 bits per heavy atom. The molecule has 25 heavy (non-hydrogen) atoms. The zero-order valence-electron chi connectivity index (χ0n) is 14.9. The number of rotatable bonds is 7. The summed E-state index contributed by atoms with van der Waals surface area (Å²) in [6.45, 7) is 3.79. The lowest BCUT2D eigenvalue weighted by Gasteiger charge is -2.13. The first kappa shape index (κ1) is 18.3. The minimum absolute atomic E-state index is 0.232. The minimum Gasteiger partial charge on any atom is -0.497 e. The number of amides is 1. The number of aryl methyl sites for hydroxylation is 1. The molecule has 0 aliphatic carbocycles. The Hall–Kier alpha value is -3.02. The van der Waals surface area contributed by atoms with Crippen LogP contribution < -0.4 is 20.2 Å². The van der Waals surface area contributed by atoms with Gasteiger partial charge in [0.05, 0.1) is 20.4 Å². The molecule has 132 valence electrons. The molecule has 6 heteroatoms. The van der Waals surface area contributed by atoms with Crippen LogP contribution in [0.4, 0.5) is 5.69 Å². The molecule has 1 atom stereocenters. The molecule has 0 heterocycles. The van der Waals surface area contributed by atoms with Crippen molar-refractivity contribution in [2.75, 3.05) is 19.5 Å². The van der Waals surface area contributed by atoms with Gasteiger partial charge in [-0.2, -0.15) is 5.10 Å². The predicted octanol–water partition coefficient (Wildman–Crippen LogP) is 2.96. The third-order valence-corrected chi connectivity index (χ3v) is 3.65. The molecular formula is C19H23N3O3. The summed E-state index contributed by atoms with van der Waals surface area (Å²) in [5.41, 5.74) is 5.31. The molecule has 0 spiro atoms. The van der Waals surface area contributed by atoms with Crippen LogP contribution >= 0.6 is 0 Å². The summed E-state index contributed by atoms with van der Waals surface area (Å²) in [5, 5.41) is 7.13. The number of hydrazone groups is 1. The standard InChI is InChI=1S/C19H23N3O3/c1-13-5-8-16(9-6-13)21-14(2)19(23)22-20-12-15-7-10-17(24-3)11-18(15)25-4/h5-12,14,21H,1-4H3,(H,22,23)/b20-12-/t14-/m1/s1. The van der Waals surface area contributed by atoms with Crippen molar-refractivity contribution in [1.29, 1.82) is 0 Å². The highest BCUT2D eigenvalue weighted by molar-refractivity contribution is 5.87. The Kier molecular flexibility index (Phi) is 6.39. The first-order valence-electron chi connectivity index (χ1n) is 7.91. The third kappa shape index (κ3) is 5.24. The average Bonchev–Trinajstić information content (AvgIpc) is 2.63. The molecule has 0 saturated heterocycles. The number of nitrogens with zero attached hydrogens (tertiary/aromatic N) is 1. The van der Waals surface area contributed by atoms with Crippen LogP contribution in [0.15, 0.2) is 47.6 Å². The quantitative estimate of drug-likeness (QED) is 0.600. The number of carbonyl (C=O) groups is 1. The van der Waals surface area contributed by atoms with E-state index in [1.165, 1.54) is 11.8 Å². The van der Waals surface area contributed by atoms with Crippen LogP contribution in [0.3, 0.4) is 0 Å². The molecule has 0 bridgehead atoms. The number of ether oxygens (including phenoxy) is 2. The normalized spacial score (nSPS) is 11.8. The Morgan fingerprint density at radius 2 is 1.84 bits per heavy atom. The molecule has 2 rings (SSSR count). The van der Waals surface area contributed by atoms with Crippen LogP contribution in [-0.4, -0.2) is 32.4 Å². The molecule has 0 aromatic heterocycles. The lowest BCUT2D eigenvalue weighted by atomic mass is 10.2. The molecule has 0 radical (unpaired) electrons. The summed E-state index contributed by atoms with van der Waals surface area (Å²) in [4.78, 5) is 12.1. The van der Waals surface area contributed by atoms with Crippen LogP contribution in [0.1, 0.15) is 18.1 Å². The smallest absolute Gasteiger partial charge is 0.262 e. The summed E-state index contributed by atoms with van der Waals surface area (Å²) >= 11 is 0. The summed E-state index contributed by atoms with van der Waals surface area (Å²) in [6, 6.07) is 12.8. The number of hydrogen-bond donors (Lipinski definition) is 2. The van der Waals surface area contributed by atoms with E-state index >= 15 is 0 Å². The van der Waals surface area contributed by atoms with Crippen molar-refractivity contribution in [3.63, 3.8) is 0 Å². The van der Waals surface area contributed by atoms with Crippen LogP contribution in [0, 0.1) is 6.92 Å². The van der Waals surface area contributed by atoms with Gasteiger partial charge in [-0.1, -0.05) is 17.7 Å². The fraction of sp³-hybridized carbons (Fsp3) is 0.263. The van der Waals surface area contributed by atoms with Gasteiger partial charge in [-0.15, -0.1) is 0 Å². The van der Waals surface area contributed by atoms with E-state index in [2.05, 4.69) is 15.8 Å². The molecule has 0 fully saturated rings. The van der Waals surface area contributed by atoms with Gasteiger partial charge in [0.25, 0.3) is 5.91 Å². The fourth-order valence-electron chi connectivity index (χ4n) is 2.15. The van der Waals surface area contributed by atoms with Crippen molar-refractivity contribution in [2.24, 2.45) is 5.10 Å². The number of nitrogens with one attached hydrogen (secondary N) is 2. The van der Waals surface area contributed by atoms with Gasteiger partial charge < -0.3 is 14.8 Å². The van der Waals surface area contributed by atoms with E-state index in [0.29, 0.717) is 11.5 Å². The van der Waals surface area contributed by atoms with Crippen LogP contribution in [-0.2, 0) is 4.79 Å². The van der Waals surface area contributed by atoms with Gasteiger partial charge in [-0.25, -0.2) is 5.43 Å². The van der Waals surface area contributed by atoms with Gasteiger partial charge in [0.2, 0.25) is 0 Å². The molecular weight excluding hydrogens is 318 g/mol. The number of anilines is 1. The lowest BCUT2D eigenvalue weighted by molar-refractivity contribution is -0.121. The van der Waals surface area contributed by atoms with Gasteiger partial charge in [0.1, 0.15) is 17.5 Å². The monoisotopic (exact) mass is 341 g/mol. The Labute approximate surface area is 147 Å². The lowest BCUT2D eigenvalue weighted by Crippen LogP contribution is -2.34. The second kappa shape index (κ2) is 8.73. The van der Waals surface area contributed by atoms with E-state index in [-0.39, 0.29) is 5.91 Å². The van der Waals surface area contributed by atoms with E-state index in [4.69, 9.17) is 9.47 Å². The summed E-state index contributed by atoms with van der Waals surface area (Å²) < 4.78 is 10.4. The zero-order chi connectivity index (χ0) is 18.2. The molecule has 0 saturated carbocycles. The summed E-state index contributed by atoms with van der Waals surface area (Å²) in [7, 11) is 3.16. The van der Waals surface area contributed by atoms with Gasteiger partial charge in [-0.05, 0) is 38.1 Å². The number of carbonyl (C=O) groups excluding carboxylic acids is 1. The molecule has 0 unspecified atom stereocenters. The summed E-state index contributed by atoms with van der Waals surface area (Å²) in [5.74, 6) is 1.07. The number of methoxy groups -OCH3 is 2. The predicted molar refractivity (Wildman–Crippen MR) is 99.5 cm³/mol. The average molecular weight is 341 g/mol. The van der Waals surface area contributed by atoms with E-state index in [1.807, 2.05) is 31.2 Å². The highest BCUT2D eigenvalue weighted by Gasteiger charge is 2.11. The molecule has 2 aromatic carbocycles. The topological polar surface area (TPSA) is 72.0 Å². The van der Waals surface area contributed by atoms with E-state index in [9.17, 15) is 4.79 Å². The second-order valence-electron chi connectivity index (χ2n) is 5.57. The number of hydrogen-bond acceptors (Lipinski definition) is 5. The SMILES string of the molecule is COc1ccc(/C=N\NC(=O)[C@@H](C)Nc2ccc(C)cc2)c(OC)c1. The van der Waals surface area contributed by atoms with Crippen molar-refractivity contribution >= 4 is 17.8 Å². The van der Waals surface area contributed by atoms with Gasteiger partial charge in [0.15, 0.2) is 0 Å². The molecule has 0 aliphatic rings. The number of benzene rings is 2. The third-order valence-electron chi connectivity index (χ3n) is 3.65. The van der Waals surface area contributed by atoms with Crippen molar-refractivity contribution in [3.8, 4) is 11.5 Å². The van der Waals surface area contributed by atoms with E-state index < -0.39 is 6.04 Å². The van der Waals surface area contributed by atoms with Gasteiger partial charge in [-0.3, -0.25) is 4.79 Å². The first-order chi connectivity index (χ1) is 12.0. The van der Waals surface area contributed by atoms with Crippen molar-refractivity contribution in [3.05, 3.63) is 53.6 Å². The van der Waals surface area contributed by atoms with Gasteiger partial charge >= 0.3 is 0 Å². The van der Waals surface area contributed by atoms with Gasteiger partial charge in [0, 0.05) is 17.3 Å². The van der Waals surface area contributed by atoms with Crippen LogP contribution in [0.5, 0.6) is 11.5 Å². The van der Waals surface area contributed by atoms with Crippen LogP contribution in [0.2, 0.25) is 0 Å². The second-order valence-corrected chi connectivity index (χ2v) is 5.57. The van der Waals surface area contributed by atoms with Crippen molar-refractivity contribution in [1.82, 2.24) is 5.43 Å².